The van der Waals surface area contributed by atoms with Crippen molar-refractivity contribution in [1.82, 2.24) is 0 Å². The first-order valence-electron chi connectivity index (χ1n) is 9.42. The van der Waals surface area contributed by atoms with Gasteiger partial charge in [0.05, 0.1) is 6.10 Å². The third-order valence-electron chi connectivity index (χ3n) is 7.15. The van der Waals surface area contributed by atoms with Gasteiger partial charge in [-0.3, -0.25) is 0 Å². The van der Waals surface area contributed by atoms with Gasteiger partial charge in [-0.2, -0.15) is 13.2 Å². The number of phenolic OH excluding ortho intramolecular Hbond substituents is 1. The second-order valence-corrected chi connectivity index (χ2v) is 8.48. The Hall–Kier alpha value is -1.43. The van der Waals surface area contributed by atoms with Gasteiger partial charge in [0, 0.05) is 0 Å². The summed E-state index contributed by atoms with van der Waals surface area (Å²) in [5.41, 5.74) is 2.01. The quantitative estimate of drug-likeness (QED) is 0.803. The van der Waals surface area contributed by atoms with Crippen LogP contribution >= 0.6 is 0 Å². The molecular weight excluding hydrogens is 345 g/mol. The summed E-state index contributed by atoms with van der Waals surface area (Å²) in [5.74, 6) is 0.872. The predicted molar refractivity (Wildman–Crippen MR) is 90.3 cm³/mol. The Morgan fingerprint density at radius 2 is 1.96 bits per heavy atom. The average molecular weight is 370 g/mol. The number of alkyl halides is 3. The monoisotopic (exact) mass is 370 g/mol. The maximum absolute atomic E-state index is 12.5. The Balaban J connectivity index is 1.63. The van der Waals surface area contributed by atoms with Crippen molar-refractivity contribution in [2.24, 2.45) is 17.3 Å². The minimum atomic E-state index is -4.43. The van der Waals surface area contributed by atoms with Gasteiger partial charge in [0.2, 0.25) is 0 Å². The number of ether oxygens (including phenoxy) is 1. The van der Waals surface area contributed by atoms with Crippen molar-refractivity contribution in [3.05, 3.63) is 23.3 Å². The third kappa shape index (κ3) is 2.86. The molecule has 5 atom stereocenters. The molecule has 0 bridgehead atoms. The van der Waals surface area contributed by atoms with E-state index in [1.807, 2.05) is 0 Å². The van der Waals surface area contributed by atoms with Crippen molar-refractivity contribution in [2.45, 2.75) is 63.6 Å². The molecule has 3 aliphatic carbocycles. The zero-order valence-corrected chi connectivity index (χ0v) is 14.9. The molecule has 0 unspecified atom stereocenters. The Labute approximate surface area is 151 Å². The molecule has 0 spiro atoms. The summed E-state index contributed by atoms with van der Waals surface area (Å²) in [6.45, 7) is 0.788. The molecule has 0 aliphatic heterocycles. The lowest BCUT2D eigenvalue weighted by atomic mass is 9.55. The normalized spacial score (nSPS) is 36.2. The van der Waals surface area contributed by atoms with Crippen molar-refractivity contribution >= 4 is 0 Å². The average Bonchev–Trinajstić information content (AvgIpc) is 2.87. The molecule has 0 radical (unpaired) electrons. The number of aromatic hydroxyl groups is 1. The van der Waals surface area contributed by atoms with E-state index in [-0.39, 0.29) is 28.9 Å². The molecule has 2 N–H and O–H groups in total. The Morgan fingerprint density at radius 3 is 2.69 bits per heavy atom. The third-order valence-corrected chi connectivity index (χ3v) is 7.15. The van der Waals surface area contributed by atoms with Crippen LogP contribution in [0.15, 0.2) is 12.1 Å². The fourth-order valence-corrected chi connectivity index (χ4v) is 5.84. The van der Waals surface area contributed by atoms with E-state index in [0.717, 1.165) is 49.7 Å². The van der Waals surface area contributed by atoms with Crippen LogP contribution in [0.25, 0.3) is 0 Å². The van der Waals surface area contributed by atoms with Gasteiger partial charge in [0.25, 0.3) is 0 Å². The highest BCUT2D eigenvalue weighted by atomic mass is 19.4. The number of fused-ring (bicyclic) bond motifs is 5. The summed E-state index contributed by atoms with van der Waals surface area (Å²) >= 11 is 0. The van der Waals surface area contributed by atoms with Crippen LogP contribution in [0.4, 0.5) is 13.2 Å². The van der Waals surface area contributed by atoms with Crippen LogP contribution in [0.5, 0.6) is 11.5 Å². The van der Waals surface area contributed by atoms with E-state index in [0.29, 0.717) is 11.8 Å². The van der Waals surface area contributed by atoms with Gasteiger partial charge in [-0.25, -0.2) is 0 Å². The van der Waals surface area contributed by atoms with Gasteiger partial charge in [0.15, 0.2) is 18.1 Å². The first-order chi connectivity index (χ1) is 12.2. The summed E-state index contributed by atoms with van der Waals surface area (Å²) in [6.07, 6.45) is 0.845. The summed E-state index contributed by atoms with van der Waals surface area (Å²) in [4.78, 5) is 0. The maximum atomic E-state index is 12.5. The van der Waals surface area contributed by atoms with E-state index in [1.54, 1.807) is 12.1 Å². The SMILES string of the molecule is C[C@]12CC[C@@H]3c4cc(OCC(F)(F)F)c(O)cc4CC[C@H]3[C@@H]1CC[C@H]2O. The first-order valence-corrected chi connectivity index (χ1v) is 9.42. The highest BCUT2D eigenvalue weighted by Crippen LogP contribution is 2.61. The number of hydrogen-bond donors (Lipinski definition) is 2. The molecule has 1 aromatic rings. The number of aliphatic hydroxyl groups is 1. The van der Waals surface area contributed by atoms with Crippen molar-refractivity contribution in [2.75, 3.05) is 6.61 Å². The van der Waals surface area contributed by atoms with Gasteiger partial charge in [-0.1, -0.05) is 6.92 Å². The van der Waals surface area contributed by atoms with Crippen molar-refractivity contribution in [3.63, 3.8) is 0 Å². The lowest BCUT2D eigenvalue weighted by Crippen LogP contribution is -2.43. The molecule has 2 fully saturated rings. The Kier molecular flexibility index (Phi) is 4.17. The summed E-state index contributed by atoms with van der Waals surface area (Å²) in [5, 5.41) is 20.5. The number of aliphatic hydroxyl groups excluding tert-OH is 1. The Bertz CT molecular complexity index is 702. The minimum absolute atomic E-state index is 0.0365. The van der Waals surface area contributed by atoms with Crippen molar-refractivity contribution in [1.29, 1.82) is 0 Å². The van der Waals surface area contributed by atoms with Crippen LogP contribution in [-0.2, 0) is 6.42 Å². The standard InChI is InChI=1S/C20H25F3O3/c1-19-7-6-12-13(15(19)4-5-18(19)25)3-2-11-8-16(24)17(9-14(11)12)26-10-20(21,22)23/h8-9,12-13,15,18,24-25H,2-7,10H2,1H3/t12-,13+,15-,18+,19-/m0/s1. The van der Waals surface area contributed by atoms with Gasteiger partial charge in [-0.15, -0.1) is 0 Å². The molecule has 4 rings (SSSR count). The van der Waals surface area contributed by atoms with E-state index >= 15 is 0 Å². The van der Waals surface area contributed by atoms with Crippen molar-refractivity contribution < 1.29 is 28.1 Å². The van der Waals surface area contributed by atoms with Gasteiger partial charge in [-0.05, 0) is 85.0 Å². The van der Waals surface area contributed by atoms with Crippen LogP contribution in [-0.4, -0.2) is 29.1 Å². The summed E-state index contributed by atoms with van der Waals surface area (Å²) < 4.78 is 42.3. The molecule has 0 saturated heterocycles. The zero-order valence-electron chi connectivity index (χ0n) is 14.9. The molecule has 1 aromatic carbocycles. The van der Waals surface area contributed by atoms with E-state index < -0.39 is 12.8 Å². The molecule has 0 amide bonds. The molecule has 3 aliphatic rings. The van der Waals surface area contributed by atoms with Crippen LogP contribution in [0.2, 0.25) is 0 Å². The second kappa shape index (κ2) is 6.04. The topological polar surface area (TPSA) is 49.7 Å². The fourth-order valence-electron chi connectivity index (χ4n) is 5.84. The molecule has 0 heterocycles. The summed E-state index contributed by atoms with van der Waals surface area (Å²) in [6, 6.07) is 3.20. The molecule has 26 heavy (non-hydrogen) atoms. The predicted octanol–water partition coefficient (Wildman–Crippen LogP) is 4.55. The Morgan fingerprint density at radius 1 is 1.19 bits per heavy atom. The molecule has 6 heteroatoms. The molecular formula is C20H25F3O3. The lowest BCUT2D eigenvalue weighted by molar-refractivity contribution is -0.153. The largest absolute Gasteiger partial charge is 0.504 e. The maximum Gasteiger partial charge on any atom is 0.422 e. The highest BCUT2D eigenvalue weighted by molar-refractivity contribution is 5.49. The molecule has 0 aromatic heterocycles. The first kappa shape index (κ1) is 18.0. The van der Waals surface area contributed by atoms with E-state index in [9.17, 15) is 23.4 Å². The van der Waals surface area contributed by atoms with Gasteiger partial charge >= 0.3 is 6.18 Å². The molecule has 144 valence electrons. The second-order valence-electron chi connectivity index (χ2n) is 8.48. The number of benzene rings is 1. The number of halogens is 3. The van der Waals surface area contributed by atoms with Crippen LogP contribution < -0.4 is 4.74 Å². The van der Waals surface area contributed by atoms with E-state index in [4.69, 9.17) is 4.74 Å². The van der Waals surface area contributed by atoms with Gasteiger partial charge < -0.3 is 14.9 Å². The van der Waals surface area contributed by atoms with Gasteiger partial charge in [0.1, 0.15) is 0 Å². The molecule has 2 saturated carbocycles. The number of hydrogen-bond acceptors (Lipinski definition) is 3. The van der Waals surface area contributed by atoms with Crippen LogP contribution in [0, 0.1) is 17.3 Å². The van der Waals surface area contributed by atoms with E-state index in [1.165, 1.54) is 0 Å². The number of aryl methyl sites for hydroxylation is 1. The summed E-state index contributed by atoms with van der Waals surface area (Å²) in [7, 11) is 0. The minimum Gasteiger partial charge on any atom is -0.504 e. The lowest BCUT2D eigenvalue weighted by Gasteiger charge is -2.50. The smallest absolute Gasteiger partial charge is 0.422 e. The van der Waals surface area contributed by atoms with Crippen molar-refractivity contribution in [3.8, 4) is 11.5 Å². The van der Waals surface area contributed by atoms with Crippen LogP contribution in [0.3, 0.4) is 0 Å². The van der Waals surface area contributed by atoms with E-state index in [2.05, 4.69) is 6.92 Å². The fraction of sp³-hybridized carbons (Fsp3) is 0.700. The van der Waals surface area contributed by atoms with Crippen LogP contribution in [0.1, 0.15) is 56.1 Å². The number of phenols is 1. The highest BCUT2D eigenvalue weighted by Gasteiger charge is 2.54. The zero-order chi connectivity index (χ0) is 18.7. The molecule has 3 nitrogen and oxygen atoms in total. The number of rotatable bonds is 2.